The molecule has 1 atom stereocenters. The summed E-state index contributed by atoms with van der Waals surface area (Å²) >= 11 is 5.94. The van der Waals surface area contributed by atoms with Crippen molar-refractivity contribution in [3.63, 3.8) is 0 Å². The van der Waals surface area contributed by atoms with Crippen molar-refractivity contribution in [1.29, 1.82) is 0 Å². The highest BCUT2D eigenvalue weighted by Crippen LogP contribution is 2.32. The van der Waals surface area contributed by atoms with Gasteiger partial charge in [0.25, 0.3) is 5.91 Å². The molecule has 1 amide bonds. The highest BCUT2D eigenvalue weighted by atomic mass is 35.5. The molecule has 0 radical (unpaired) electrons. The van der Waals surface area contributed by atoms with Gasteiger partial charge in [-0.3, -0.25) is 9.48 Å². The number of aromatic nitrogens is 3. The number of oxazole rings is 1. The molecule has 0 aliphatic carbocycles. The average molecular weight is 385 g/mol. The Morgan fingerprint density at radius 2 is 2.07 bits per heavy atom. The van der Waals surface area contributed by atoms with E-state index in [4.69, 9.17) is 16.0 Å². The lowest BCUT2D eigenvalue weighted by Crippen LogP contribution is -2.39. The summed E-state index contributed by atoms with van der Waals surface area (Å²) in [5, 5.41) is 4.82. The van der Waals surface area contributed by atoms with E-state index in [1.54, 1.807) is 30.2 Å². The molecule has 0 spiro atoms. The van der Waals surface area contributed by atoms with E-state index in [-0.39, 0.29) is 11.9 Å². The van der Waals surface area contributed by atoms with Crippen LogP contribution in [0.5, 0.6) is 0 Å². The number of carbonyl (C=O) groups excluding carboxylic acids is 1. The summed E-state index contributed by atoms with van der Waals surface area (Å²) in [5.74, 6) is 1.36. The molecule has 0 bridgehead atoms. The van der Waals surface area contributed by atoms with Gasteiger partial charge in [-0.05, 0) is 43.0 Å². The van der Waals surface area contributed by atoms with Crippen molar-refractivity contribution in [1.82, 2.24) is 19.7 Å². The van der Waals surface area contributed by atoms with Crippen molar-refractivity contribution < 1.29 is 9.21 Å². The van der Waals surface area contributed by atoms with Gasteiger partial charge in [0.2, 0.25) is 5.89 Å². The van der Waals surface area contributed by atoms with Crippen LogP contribution in [0.3, 0.4) is 0 Å². The maximum Gasteiger partial charge on any atom is 0.272 e. The number of piperidine rings is 1. The number of hydrogen-bond donors (Lipinski definition) is 0. The summed E-state index contributed by atoms with van der Waals surface area (Å²) < 4.78 is 7.63. The lowest BCUT2D eigenvalue weighted by molar-refractivity contribution is 0.0558. The summed E-state index contributed by atoms with van der Waals surface area (Å²) in [6.07, 6.45) is 6.93. The van der Waals surface area contributed by atoms with Crippen LogP contribution in [0.4, 0.5) is 0 Å². The number of rotatable bonds is 4. The van der Waals surface area contributed by atoms with Crippen LogP contribution in [0, 0.1) is 0 Å². The summed E-state index contributed by atoms with van der Waals surface area (Å²) in [7, 11) is 1.78. The van der Waals surface area contributed by atoms with E-state index >= 15 is 0 Å². The predicted octanol–water partition coefficient (Wildman–Crippen LogP) is 4.02. The Morgan fingerprint density at radius 3 is 2.81 bits per heavy atom. The van der Waals surface area contributed by atoms with Crippen molar-refractivity contribution in [2.75, 3.05) is 6.54 Å². The third-order valence-corrected chi connectivity index (χ3v) is 5.20. The summed E-state index contributed by atoms with van der Waals surface area (Å²) in [4.78, 5) is 19.3. The van der Waals surface area contributed by atoms with Gasteiger partial charge in [-0.2, -0.15) is 5.10 Å². The molecule has 0 saturated carbocycles. The fourth-order valence-corrected chi connectivity index (χ4v) is 3.65. The van der Waals surface area contributed by atoms with Crippen LogP contribution in [-0.4, -0.2) is 32.1 Å². The first-order valence-corrected chi connectivity index (χ1v) is 9.47. The Hall–Kier alpha value is -2.60. The van der Waals surface area contributed by atoms with E-state index < -0.39 is 0 Å². The maximum atomic E-state index is 13.0. The predicted molar refractivity (Wildman–Crippen MR) is 102 cm³/mol. The first-order valence-electron chi connectivity index (χ1n) is 9.10. The van der Waals surface area contributed by atoms with Gasteiger partial charge in [0, 0.05) is 31.2 Å². The normalized spacial score (nSPS) is 17.3. The van der Waals surface area contributed by atoms with Crippen LogP contribution in [0.25, 0.3) is 0 Å². The molecule has 27 heavy (non-hydrogen) atoms. The van der Waals surface area contributed by atoms with Crippen molar-refractivity contribution in [3.05, 3.63) is 70.7 Å². The molecule has 140 valence electrons. The molecule has 1 aromatic carbocycles. The zero-order valence-corrected chi connectivity index (χ0v) is 15.9. The third-order valence-electron chi connectivity index (χ3n) is 4.95. The lowest BCUT2D eigenvalue weighted by Gasteiger charge is -2.33. The number of carbonyl (C=O) groups is 1. The summed E-state index contributed by atoms with van der Waals surface area (Å²) in [6.45, 7) is 0.698. The smallest absolute Gasteiger partial charge is 0.272 e. The average Bonchev–Trinajstić information content (AvgIpc) is 3.32. The van der Waals surface area contributed by atoms with Crippen LogP contribution in [0.2, 0.25) is 5.02 Å². The standard InChI is InChI=1S/C20H21ClN4O2/c1-24-18(9-10-23-24)20(26)25-11-3-2-4-17(25)19-22-13-16(27-19)12-14-5-7-15(21)8-6-14/h5-10,13,17H,2-4,11-12H2,1H3/t17-/m1/s1. The summed E-state index contributed by atoms with van der Waals surface area (Å²) in [6, 6.07) is 9.29. The molecule has 4 rings (SSSR count). The van der Waals surface area contributed by atoms with E-state index in [0.717, 1.165) is 30.6 Å². The molecule has 3 aromatic rings. The quantitative estimate of drug-likeness (QED) is 0.681. The number of amides is 1. The highest BCUT2D eigenvalue weighted by Gasteiger charge is 2.33. The Labute approximate surface area is 162 Å². The SMILES string of the molecule is Cn1nccc1C(=O)N1CCCC[C@@H]1c1ncc(Cc2ccc(Cl)cc2)o1. The number of hydrogen-bond acceptors (Lipinski definition) is 4. The second kappa shape index (κ2) is 7.56. The van der Waals surface area contributed by atoms with Gasteiger partial charge < -0.3 is 9.32 Å². The second-order valence-corrected chi connectivity index (χ2v) is 7.25. The molecular formula is C20H21ClN4O2. The van der Waals surface area contributed by atoms with Gasteiger partial charge in [0.1, 0.15) is 17.5 Å². The van der Waals surface area contributed by atoms with Gasteiger partial charge >= 0.3 is 0 Å². The molecule has 1 fully saturated rings. The monoisotopic (exact) mass is 384 g/mol. The van der Waals surface area contributed by atoms with E-state index in [0.29, 0.717) is 29.6 Å². The number of likely N-dealkylation sites (tertiary alicyclic amines) is 1. The Kier molecular flexibility index (Phi) is 4.99. The number of benzene rings is 1. The molecule has 1 aliphatic rings. The molecule has 7 heteroatoms. The largest absolute Gasteiger partial charge is 0.443 e. The first-order chi connectivity index (χ1) is 13.1. The fourth-order valence-electron chi connectivity index (χ4n) is 3.52. The Bertz CT molecular complexity index is 932. The van der Waals surface area contributed by atoms with Crippen molar-refractivity contribution in [2.24, 2.45) is 7.05 Å². The van der Waals surface area contributed by atoms with Crippen LogP contribution >= 0.6 is 11.6 Å². The van der Waals surface area contributed by atoms with E-state index in [1.807, 2.05) is 29.2 Å². The van der Waals surface area contributed by atoms with Gasteiger partial charge in [-0.1, -0.05) is 23.7 Å². The molecule has 1 aliphatic heterocycles. The molecule has 0 unspecified atom stereocenters. The minimum atomic E-state index is -0.139. The van der Waals surface area contributed by atoms with E-state index in [1.165, 1.54) is 0 Å². The van der Waals surface area contributed by atoms with Crippen molar-refractivity contribution >= 4 is 17.5 Å². The molecule has 0 N–H and O–H groups in total. The molecule has 2 aromatic heterocycles. The molecule has 1 saturated heterocycles. The van der Waals surface area contributed by atoms with E-state index in [9.17, 15) is 4.79 Å². The zero-order chi connectivity index (χ0) is 18.8. The summed E-state index contributed by atoms with van der Waals surface area (Å²) in [5.41, 5.74) is 1.68. The zero-order valence-electron chi connectivity index (χ0n) is 15.1. The van der Waals surface area contributed by atoms with Gasteiger partial charge in [0.05, 0.1) is 6.20 Å². The second-order valence-electron chi connectivity index (χ2n) is 6.82. The van der Waals surface area contributed by atoms with Crippen LogP contribution in [0.1, 0.15) is 53.0 Å². The number of nitrogens with zero attached hydrogens (tertiary/aromatic N) is 4. The molecular weight excluding hydrogens is 364 g/mol. The van der Waals surface area contributed by atoms with Crippen molar-refractivity contribution in [2.45, 2.75) is 31.7 Å². The fraction of sp³-hybridized carbons (Fsp3) is 0.350. The number of aryl methyl sites for hydroxylation is 1. The van der Waals surface area contributed by atoms with Gasteiger partial charge in [-0.15, -0.1) is 0 Å². The van der Waals surface area contributed by atoms with Crippen molar-refractivity contribution in [3.8, 4) is 0 Å². The third kappa shape index (κ3) is 3.76. The Morgan fingerprint density at radius 1 is 1.26 bits per heavy atom. The van der Waals surface area contributed by atoms with Gasteiger partial charge in [0.15, 0.2) is 0 Å². The van der Waals surface area contributed by atoms with Crippen LogP contribution in [-0.2, 0) is 13.5 Å². The topological polar surface area (TPSA) is 64.2 Å². The molecule has 3 heterocycles. The van der Waals surface area contributed by atoms with Crippen LogP contribution < -0.4 is 0 Å². The maximum absolute atomic E-state index is 13.0. The Balaban J connectivity index is 1.54. The van der Waals surface area contributed by atoms with Gasteiger partial charge in [-0.25, -0.2) is 4.98 Å². The minimum Gasteiger partial charge on any atom is -0.443 e. The highest BCUT2D eigenvalue weighted by molar-refractivity contribution is 6.30. The molecule has 6 nitrogen and oxygen atoms in total. The minimum absolute atomic E-state index is 0.0304. The lowest BCUT2D eigenvalue weighted by atomic mass is 10.0. The van der Waals surface area contributed by atoms with E-state index in [2.05, 4.69) is 10.1 Å². The number of halogens is 1. The van der Waals surface area contributed by atoms with Crippen LogP contribution in [0.15, 0.2) is 47.1 Å². The first kappa shape index (κ1) is 17.8.